The summed E-state index contributed by atoms with van der Waals surface area (Å²) >= 11 is 0. The fourth-order valence-electron chi connectivity index (χ4n) is 13.9. The largest absolute Gasteiger partial charge is 0.309 e. The third-order valence-electron chi connectivity index (χ3n) is 18.6. The molecule has 1 aromatic heterocycles. The van der Waals surface area contributed by atoms with Gasteiger partial charge in [0.1, 0.15) is 0 Å². The van der Waals surface area contributed by atoms with Crippen LogP contribution in [0.2, 0.25) is 0 Å². The van der Waals surface area contributed by atoms with Gasteiger partial charge in [0.05, 0.1) is 11.0 Å². The van der Waals surface area contributed by atoms with Crippen LogP contribution in [0.15, 0.2) is 164 Å². The molecule has 0 spiro atoms. The summed E-state index contributed by atoms with van der Waals surface area (Å²) in [5.74, 6) is 0. The summed E-state index contributed by atoms with van der Waals surface area (Å²) in [4.78, 5) is 0. The van der Waals surface area contributed by atoms with Gasteiger partial charge in [0, 0.05) is 27.3 Å². The molecule has 0 N–H and O–H groups in total. The first-order valence-corrected chi connectivity index (χ1v) is 30.4. The lowest BCUT2D eigenvalue weighted by molar-refractivity contribution is 0.398. The van der Waals surface area contributed by atoms with Crippen molar-refractivity contribution in [2.45, 2.75) is 187 Å². The third kappa shape index (κ3) is 10.1. The van der Waals surface area contributed by atoms with Gasteiger partial charge in [0.15, 0.2) is 0 Å². The summed E-state index contributed by atoms with van der Waals surface area (Å²) in [6.07, 6.45) is 19.4. The highest BCUT2D eigenvalue weighted by Gasteiger charge is 2.43. The van der Waals surface area contributed by atoms with Crippen molar-refractivity contribution in [3.8, 4) is 50.2 Å². The molecule has 0 atom stereocenters. The van der Waals surface area contributed by atoms with Gasteiger partial charge in [-0.25, -0.2) is 0 Å². The van der Waals surface area contributed by atoms with E-state index in [0.717, 1.165) is 6.42 Å². The standard InChI is InChI=1S/C77H87N/c1-11-13-15-17-19-23-44-77(45-24-20-18-16-14-12-2)68-29-22-21-28-62(68)65-41-36-58(50-71(65)77)57-35-40-64-63-39-34-56(48-69(63)76(9,10)70(64)49-57)55-32-30-53(31-33-55)46-54-26-25-27-61(47-54)78-72-42-37-59(74(3,4)5)51-66(72)67-52-60(75(6,7)8)38-43-73(67)78/h21-22,25-43,47-52H,11-20,23-24,44-46H2,1-10H3. The molecule has 0 radical (unpaired) electrons. The highest BCUT2D eigenvalue weighted by atomic mass is 15.0. The van der Waals surface area contributed by atoms with Crippen molar-refractivity contribution in [2.75, 3.05) is 0 Å². The van der Waals surface area contributed by atoms with Gasteiger partial charge < -0.3 is 4.57 Å². The summed E-state index contributed by atoms with van der Waals surface area (Å²) in [5.41, 5.74) is 26.1. The summed E-state index contributed by atoms with van der Waals surface area (Å²) in [6.45, 7) is 23.4. The monoisotopic (exact) mass is 1030 g/mol. The van der Waals surface area contributed by atoms with E-state index in [1.54, 1.807) is 11.1 Å². The number of fused-ring (bicyclic) bond motifs is 9. The third-order valence-corrected chi connectivity index (χ3v) is 18.6. The van der Waals surface area contributed by atoms with E-state index in [-0.39, 0.29) is 21.7 Å². The lowest BCUT2D eigenvalue weighted by Crippen LogP contribution is -2.25. The van der Waals surface area contributed by atoms with Gasteiger partial charge in [-0.1, -0.05) is 255 Å². The van der Waals surface area contributed by atoms with Gasteiger partial charge in [0.2, 0.25) is 0 Å². The second-order valence-electron chi connectivity index (χ2n) is 26.4. The maximum Gasteiger partial charge on any atom is 0.0541 e. The molecule has 8 aromatic carbocycles. The van der Waals surface area contributed by atoms with Gasteiger partial charge in [0.25, 0.3) is 0 Å². The van der Waals surface area contributed by atoms with Crippen LogP contribution in [0.3, 0.4) is 0 Å². The zero-order chi connectivity index (χ0) is 54.4. The van der Waals surface area contributed by atoms with Crippen molar-refractivity contribution in [3.63, 3.8) is 0 Å². The lowest BCUT2D eigenvalue weighted by atomic mass is 9.70. The number of benzene rings is 8. The minimum atomic E-state index is -0.131. The molecule has 0 fully saturated rings. The van der Waals surface area contributed by atoms with E-state index in [1.807, 2.05) is 0 Å². The van der Waals surface area contributed by atoms with Crippen molar-refractivity contribution in [1.82, 2.24) is 4.57 Å². The Morgan fingerprint density at radius 2 is 0.833 bits per heavy atom. The van der Waals surface area contributed by atoms with Crippen molar-refractivity contribution in [3.05, 3.63) is 208 Å². The summed E-state index contributed by atoms with van der Waals surface area (Å²) in [7, 11) is 0. The molecule has 0 amide bonds. The fourth-order valence-corrected chi connectivity index (χ4v) is 13.9. The van der Waals surface area contributed by atoms with Gasteiger partial charge in [-0.2, -0.15) is 0 Å². The average Bonchev–Trinajstić information content (AvgIpc) is 4.24. The van der Waals surface area contributed by atoms with Crippen molar-refractivity contribution in [1.29, 1.82) is 0 Å². The molecule has 0 aliphatic heterocycles. The summed E-state index contributed by atoms with van der Waals surface area (Å²) in [6, 6.07) is 64.4. The molecule has 1 heterocycles. The second kappa shape index (κ2) is 21.7. The first-order chi connectivity index (χ1) is 37.6. The van der Waals surface area contributed by atoms with E-state index in [0.29, 0.717) is 0 Å². The number of hydrogen-bond donors (Lipinski definition) is 0. The van der Waals surface area contributed by atoms with Crippen LogP contribution in [0.1, 0.15) is 204 Å². The smallest absolute Gasteiger partial charge is 0.0541 e. The number of unbranched alkanes of at least 4 members (excludes halogenated alkanes) is 10. The minimum absolute atomic E-state index is 0.0696. The Bertz CT molecular complexity index is 3530. The molecule has 400 valence electrons. The minimum Gasteiger partial charge on any atom is -0.309 e. The molecule has 0 saturated carbocycles. The highest BCUT2D eigenvalue weighted by molar-refractivity contribution is 6.10. The molecule has 1 nitrogen and oxygen atoms in total. The van der Waals surface area contributed by atoms with E-state index in [2.05, 4.69) is 238 Å². The molecule has 11 rings (SSSR count). The van der Waals surface area contributed by atoms with E-state index in [9.17, 15) is 0 Å². The molecule has 2 aliphatic carbocycles. The van der Waals surface area contributed by atoms with Crippen LogP contribution in [0, 0.1) is 0 Å². The molecule has 9 aromatic rings. The Morgan fingerprint density at radius 1 is 0.372 bits per heavy atom. The molecule has 0 bridgehead atoms. The van der Waals surface area contributed by atoms with Crippen molar-refractivity contribution < 1.29 is 0 Å². The average molecular weight is 1030 g/mol. The van der Waals surface area contributed by atoms with Crippen molar-refractivity contribution >= 4 is 21.8 Å². The number of aromatic nitrogens is 1. The fraction of sp³-hybridized carbons (Fsp3) is 0.377. The Morgan fingerprint density at radius 3 is 1.37 bits per heavy atom. The number of nitrogens with zero attached hydrogens (tertiary/aromatic N) is 1. The summed E-state index contributed by atoms with van der Waals surface area (Å²) < 4.78 is 2.48. The Hall–Kier alpha value is -6.44. The normalized spacial score (nSPS) is 14.2. The first kappa shape index (κ1) is 53.6. The van der Waals surface area contributed by atoms with Gasteiger partial charge >= 0.3 is 0 Å². The Labute approximate surface area is 469 Å². The van der Waals surface area contributed by atoms with Crippen molar-refractivity contribution in [2.24, 2.45) is 0 Å². The molecule has 0 unspecified atom stereocenters. The van der Waals surface area contributed by atoms with E-state index < -0.39 is 0 Å². The predicted octanol–water partition coefficient (Wildman–Crippen LogP) is 22.4. The lowest BCUT2D eigenvalue weighted by Gasteiger charge is -2.33. The molecule has 78 heavy (non-hydrogen) atoms. The first-order valence-electron chi connectivity index (χ1n) is 30.4. The topological polar surface area (TPSA) is 4.93 Å². The van der Waals surface area contributed by atoms with Crippen LogP contribution in [-0.2, 0) is 28.1 Å². The van der Waals surface area contributed by atoms with Crippen LogP contribution < -0.4 is 0 Å². The predicted molar refractivity (Wildman–Crippen MR) is 338 cm³/mol. The van der Waals surface area contributed by atoms with E-state index in [1.165, 1.54) is 195 Å². The van der Waals surface area contributed by atoms with Crippen LogP contribution >= 0.6 is 0 Å². The molecule has 2 aliphatic rings. The zero-order valence-electron chi connectivity index (χ0n) is 49.1. The molecular formula is C77H87N. The van der Waals surface area contributed by atoms with Crippen LogP contribution in [0.4, 0.5) is 0 Å². The summed E-state index contributed by atoms with van der Waals surface area (Å²) in [5, 5.41) is 2.65. The second-order valence-corrected chi connectivity index (χ2v) is 26.4. The van der Waals surface area contributed by atoms with Crippen LogP contribution in [0.25, 0.3) is 72.0 Å². The van der Waals surface area contributed by atoms with Crippen LogP contribution in [-0.4, -0.2) is 4.57 Å². The zero-order valence-corrected chi connectivity index (χ0v) is 49.1. The van der Waals surface area contributed by atoms with Gasteiger partial charge in [-0.3, -0.25) is 0 Å². The van der Waals surface area contributed by atoms with Crippen LogP contribution in [0.5, 0.6) is 0 Å². The SMILES string of the molecule is CCCCCCCCC1(CCCCCCCC)c2ccccc2-c2ccc(-c3ccc4c(c3)C(C)(C)c3cc(-c5ccc(Cc6cccc(-n7c8ccc(C(C)(C)C)cc8c8cc(C(C)(C)C)ccc87)c6)cc5)ccc3-4)cc21. The maximum atomic E-state index is 2.63. The quantitative estimate of drug-likeness (QED) is 0.0712. The Balaban J connectivity index is 0.846. The number of rotatable bonds is 19. The maximum absolute atomic E-state index is 2.63. The number of hydrogen-bond acceptors (Lipinski definition) is 0. The van der Waals surface area contributed by atoms with E-state index >= 15 is 0 Å². The highest BCUT2D eigenvalue weighted by Crippen LogP contribution is 2.56. The van der Waals surface area contributed by atoms with Gasteiger partial charge in [-0.15, -0.1) is 0 Å². The molecular weight excluding hydrogens is 939 g/mol. The Kier molecular flexibility index (Phi) is 14.9. The van der Waals surface area contributed by atoms with E-state index in [4.69, 9.17) is 0 Å². The molecule has 1 heteroatoms. The van der Waals surface area contributed by atoms with Gasteiger partial charge in [-0.05, 0) is 174 Å². The molecule has 0 saturated heterocycles.